The van der Waals surface area contributed by atoms with Crippen LogP contribution in [0.15, 0.2) is 12.1 Å². The van der Waals surface area contributed by atoms with E-state index in [0.717, 1.165) is 23.3 Å². The van der Waals surface area contributed by atoms with Crippen LogP contribution in [0, 0.1) is 13.8 Å². The second-order valence-corrected chi connectivity index (χ2v) is 4.24. The normalized spacial score (nSPS) is 10.3. The second kappa shape index (κ2) is 6.28. The highest BCUT2D eigenvalue weighted by molar-refractivity contribution is 5.66. The molecule has 94 valence electrons. The quantitative estimate of drug-likeness (QED) is 0.825. The van der Waals surface area contributed by atoms with Crippen molar-refractivity contribution in [1.82, 2.24) is 0 Å². The Bertz CT molecular complexity index is 373. The molecule has 1 rings (SSSR count). The van der Waals surface area contributed by atoms with E-state index < -0.39 is 5.97 Å². The number of hydrogen-bond acceptors (Lipinski definition) is 2. The fraction of sp³-hybridized carbons (Fsp3) is 0.500. The Labute approximate surface area is 102 Å². The smallest absolute Gasteiger partial charge is 0.303 e. The number of aryl methyl sites for hydroxylation is 3. The molecule has 0 radical (unpaired) electrons. The molecular formula is C14H20O3. The zero-order valence-electron chi connectivity index (χ0n) is 10.7. The first kappa shape index (κ1) is 13.6. The first-order valence-electron chi connectivity index (χ1n) is 5.99. The average Bonchev–Trinajstić information content (AvgIpc) is 2.23. The molecule has 0 spiro atoms. The van der Waals surface area contributed by atoms with Crippen LogP contribution in [-0.2, 0) is 11.2 Å². The van der Waals surface area contributed by atoms with Gasteiger partial charge in [0, 0.05) is 6.42 Å². The Hall–Kier alpha value is -1.51. The first-order chi connectivity index (χ1) is 8.04. The lowest BCUT2D eigenvalue weighted by atomic mass is 10.0. The zero-order chi connectivity index (χ0) is 12.8. The van der Waals surface area contributed by atoms with Gasteiger partial charge < -0.3 is 9.84 Å². The number of carboxylic acids is 1. The van der Waals surface area contributed by atoms with E-state index in [0.29, 0.717) is 13.0 Å². The van der Waals surface area contributed by atoms with Crippen LogP contribution in [0.2, 0.25) is 0 Å². The number of ether oxygens (including phenoxy) is 1. The molecule has 0 amide bonds. The molecule has 17 heavy (non-hydrogen) atoms. The lowest BCUT2D eigenvalue weighted by Crippen LogP contribution is -2.00. The van der Waals surface area contributed by atoms with Gasteiger partial charge in [0.05, 0.1) is 6.61 Å². The van der Waals surface area contributed by atoms with E-state index in [1.165, 1.54) is 5.56 Å². The minimum Gasteiger partial charge on any atom is -0.493 e. The number of hydrogen-bond donors (Lipinski definition) is 1. The van der Waals surface area contributed by atoms with Gasteiger partial charge in [-0.15, -0.1) is 0 Å². The van der Waals surface area contributed by atoms with Crippen LogP contribution in [0.3, 0.4) is 0 Å². The van der Waals surface area contributed by atoms with Crippen molar-refractivity contribution in [2.75, 3.05) is 6.61 Å². The maximum Gasteiger partial charge on any atom is 0.303 e. The van der Waals surface area contributed by atoms with Crippen LogP contribution in [0.1, 0.15) is 36.5 Å². The van der Waals surface area contributed by atoms with Gasteiger partial charge in [0.15, 0.2) is 0 Å². The van der Waals surface area contributed by atoms with Crippen molar-refractivity contribution in [3.63, 3.8) is 0 Å². The van der Waals surface area contributed by atoms with Crippen LogP contribution in [0.4, 0.5) is 0 Å². The van der Waals surface area contributed by atoms with Gasteiger partial charge in [-0.2, -0.15) is 0 Å². The predicted octanol–water partition coefficient (Wildman–Crippen LogP) is 3.11. The summed E-state index contributed by atoms with van der Waals surface area (Å²) >= 11 is 0. The standard InChI is InChI=1S/C14H20O3/c1-4-17-14-10(2)8-12(9-11(14)3)6-5-7-13(15)16/h8-9H,4-7H2,1-3H3,(H,15,16). The van der Waals surface area contributed by atoms with Crippen LogP contribution >= 0.6 is 0 Å². The molecule has 0 atom stereocenters. The summed E-state index contributed by atoms with van der Waals surface area (Å²) in [6.45, 7) is 6.69. The summed E-state index contributed by atoms with van der Waals surface area (Å²) in [5.74, 6) is 0.221. The Morgan fingerprint density at radius 1 is 1.29 bits per heavy atom. The molecule has 0 heterocycles. The maximum absolute atomic E-state index is 10.4. The third kappa shape index (κ3) is 4.10. The summed E-state index contributed by atoms with van der Waals surface area (Å²) in [4.78, 5) is 10.4. The van der Waals surface area contributed by atoms with Crippen molar-refractivity contribution in [2.45, 2.75) is 40.0 Å². The third-order valence-corrected chi connectivity index (χ3v) is 2.66. The van der Waals surface area contributed by atoms with E-state index in [9.17, 15) is 4.79 Å². The van der Waals surface area contributed by atoms with Gasteiger partial charge in [0.1, 0.15) is 5.75 Å². The van der Waals surface area contributed by atoms with E-state index in [1.54, 1.807) is 0 Å². The average molecular weight is 236 g/mol. The lowest BCUT2D eigenvalue weighted by molar-refractivity contribution is -0.137. The molecule has 0 aliphatic heterocycles. The Balaban J connectivity index is 2.72. The van der Waals surface area contributed by atoms with Gasteiger partial charge in [-0.1, -0.05) is 12.1 Å². The van der Waals surface area contributed by atoms with E-state index >= 15 is 0 Å². The van der Waals surface area contributed by atoms with Gasteiger partial charge in [-0.05, 0) is 50.3 Å². The van der Waals surface area contributed by atoms with Gasteiger partial charge >= 0.3 is 5.97 Å². The number of rotatable bonds is 6. The molecule has 0 aromatic heterocycles. The van der Waals surface area contributed by atoms with Crippen molar-refractivity contribution >= 4 is 5.97 Å². The largest absolute Gasteiger partial charge is 0.493 e. The SMILES string of the molecule is CCOc1c(C)cc(CCCC(=O)O)cc1C. The summed E-state index contributed by atoms with van der Waals surface area (Å²) in [5, 5.41) is 8.59. The van der Waals surface area contributed by atoms with Gasteiger partial charge in [0.2, 0.25) is 0 Å². The van der Waals surface area contributed by atoms with Crippen molar-refractivity contribution in [3.05, 3.63) is 28.8 Å². The van der Waals surface area contributed by atoms with Crippen molar-refractivity contribution in [3.8, 4) is 5.75 Å². The molecule has 1 aromatic rings. The van der Waals surface area contributed by atoms with Gasteiger partial charge in [0.25, 0.3) is 0 Å². The fourth-order valence-electron chi connectivity index (χ4n) is 2.00. The maximum atomic E-state index is 10.4. The molecule has 0 fully saturated rings. The Morgan fingerprint density at radius 2 is 1.88 bits per heavy atom. The Kier molecular flexibility index (Phi) is 5.01. The molecule has 1 aromatic carbocycles. The molecule has 0 saturated heterocycles. The zero-order valence-corrected chi connectivity index (χ0v) is 10.7. The molecule has 1 N–H and O–H groups in total. The minimum atomic E-state index is -0.732. The van der Waals surface area contributed by atoms with Crippen LogP contribution in [0.5, 0.6) is 5.75 Å². The van der Waals surface area contributed by atoms with Crippen molar-refractivity contribution in [1.29, 1.82) is 0 Å². The van der Waals surface area contributed by atoms with Crippen molar-refractivity contribution < 1.29 is 14.6 Å². The topological polar surface area (TPSA) is 46.5 Å². The highest BCUT2D eigenvalue weighted by atomic mass is 16.5. The van der Waals surface area contributed by atoms with Crippen LogP contribution in [-0.4, -0.2) is 17.7 Å². The molecule has 0 aliphatic carbocycles. The molecule has 0 unspecified atom stereocenters. The van der Waals surface area contributed by atoms with Crippen LogP contribution in [0.25, 0.3) is 0 Å². The third-order valence-electron chi connectivity index (χ3n) is 2.66. The highest BCUT2D eigenvalue weighted by Crippen LogP contribution is 2.25. The van der Waals surface area contributed by atoms with Gasteiger partial charge in [-0.3, -0.25) is 4.79 Å². The lowest BCUT2D eigenvalue weighted by Gasteiger charge is -2.12. The fourth-order valence-corrected chi connectivity index (χ4v) is 2.00. The molecule has 0 bridgehead atoms. The Morgan fingerprint density at radius 3 is 2.35 bits per heavy atom. The van der Waals surface area contributed by atoms with E-state index in [4.69, 9.17) is 9.84 Å². The first-order valence-corrected chi connectivity index (χ1v) is 5.99. The van der Waals surface area contributed by atoms with E-state index in [2.05, 4.69) is 12.1 Å². The van der Waals surface area contributed by atoms with Crippen LogP contribution < -0.4 is 4.74 Å². The molecule has 3 nitrogen and oxygen atoms in total. The number of benzene rings is 1. The summed E-state index contributed by atoms with van der Waals surface area (Å²) in [6.07, 6.45) is 1.72. The second-order valence-electron chi connectivity index (χ2n) is 4.24. The van der Waals surface area contributed by atoms with E-state index in [-0.39, 0.29) is 6.42 Å². The molecule has 0 saturated carbocycles. The summed E-state index contributed by atoms with van der Waals surface area (Å²) in [6, 6.07) is 4.17. The summed E-state index contributed by atoms with van der Waals surface area (Å²) < 4.78 is 5.57. The predicted molar refractivity (Wildman–Crippen MR) is 67.7 cm³/mol. The summed E-state index contributed by atoms with van der Waals surface area (Å²) in [5.41, 5.74) is 3.43. The molecule has 0 aliphatic rings. The highest BCUT2D eigenvalue weighted by Gasteiger charge is 2.06. The number of aliphatic carboxylic acids is 1. The summed E-state index contributed by atoms with van der Waals surface area (Å²) in [7, 11) is 0. The van der Waals surface area contributed by atoms with Crippen molar-refractivity contribution in [2.24, 2.45) is 0 Å². The van der Waals surface area contributed by atoms with Gasteiger partial charge in [-0.25, -0.2) is 0 Å². The number of carboxylic acid groups (broad SMARTS) is 1. The van der Waals surface area contributed by atoms with E-state index in [1.807, 2.05) is 20.8 Å². The molecular weight excluding hydrogens is 216 g/mol. The minimum absolute atomic E-state index is 0.227. The molecule has 3 heteroatoms. The number of carbonyl (C=O) groups is 1. The monoisotopic (exact) mass is 236 g/mol.